The summed E-state index contributed by atoms with van der Waals surface area (Å²) in [6.45, 7) is 9.21. The van der Waals surface area contributed by atoms with Gasteiger partial charge in [0.05, 0.1) is 0 Å². The lowest BCUT2D eigenvalue weighted by molar-refractivity contribution is -0.139. The summed E-state index contributed by atoms with van der Waals surface area (Å²) in [7, 11) is 0. The van der Waals surface area contributed by atoms with E-state index in [0.29, 0.717) is 0 Å². The maximum Gasteiger partial charge on any atom is 0.349 e. The number of esters is 1. The van der Waals surface area contributed by atoms with Gasteiger partial charge in [-0.3, -0.25) is 0 Å². The molecule has 0 saturated carbocycles. The van der Waals surface area contributed by atoms with Crippen molar-refractivity contribution in [3.05, 3.63) is 64.0 Å². The molecule has 0 bridgehead atoms. The lowest BCUT2D eigenvalue weighted by atomic mass is 10.1. The summed E-state index contributed by atoms with van der Waals surface area (Å²) >= 11 is 0. The summed E-state index contributed by atoms with van der Waals surface area (Å²) < 4.78 is 7.52. The Kier molecular flexibility index (Phi) is 6.19. The number of nitrogens with zero attached hydrogens (tertiary/aromatic N) is 2. The van der Waals surface area contributed by atoms with Crippen LogP contribution in [0.5, 0.6) is 0 Å². The van der Waals surface area contributed by atoms with Gasteiger partial charge in [0.15, 0.2) is 0 Å². The highest BCUT2D eigenvalue weighted by molar-refractivity contribution is 5.98. The van der Waals surface area contributed by atoms with Crippen molar-refractivity contribution >= 4 is 12.0 Å². The molecule has 2 rings (SSSR count). The molecule has 0 aliphatic heterocycles. The van der Waals surface area contributed by atoms with Crippen molar-refractivity contribution in [2.45, 2.75) is 47.3 Å². The second kappa shape index (κ2) is 8.34. The third kappa shape index (κ3) is 4.39. The Bertz CT molecular complexity index is 838. The molecule has 2 aromatic rings. The molecule has 25 heavy (non-hydrogen) atoms. The van der Waals surface area contributed by atoms with Gasteiger partial charge in [-0.15, -0.1) is 0 Å². The maximum atomic E-state index is 12.3. The number of nitriles is 1. The minimum absolute atomic E-state index is 0.0188. The summed E-state index contributed by atoms with van der Waals surface area (Å²) in [6, 6.07) is 11.7. The molecule has 0 fully saturated rings. The zero-order valence-corrected chi connectivity index (χ0v) is 15.3. The third-order valence-corrected chi connectivity index (χ3v) is 4.32. The average Bonchev–Trinajstić information content (AvgIpc) is 2.86. The van der Waals surface area contributed by atoms with E-state index in [9.17, 15) is 10.1 Å². The second-order valence-corrected chi connectivity index (χ2v) is 6.15. The van der Waals surface area contributed by atoms with Gasteiger partial charge in [-0.05, 0) is 56.0 Å². The Morgan fingerprint density at radius 3 is 2.64 bits per heavy atom. The molecule has 0 saturated heterocycles. The number of hydrogen-bond donors (Lipinski definition) is 0. The van der Waals surface area contributed by atoms with E-state index in [-0.39, 0.29) is 12.2 Å². The molecule has 1 aromatic heterocycles. The highest BCUT2D eigenvalue weighted by Gasteiger charge is 2.14. The van der Waals surface area contributed by atoms with Crippen molar-refractivity contribution in [2.75, 3.05) is 0 Å². The SMILES string of the molecule is CCCn1c(C)cc(/C=C(\C#N)C(=O)OCc2ccccc2C)c1C. The van der Waals surface area contributed by atoms with Gasteiger partial charge in [0.2, 0.25) is 0 Å². The molecule has 0 N–H and O–H groups in total. The maximum absolute atomic E-state index is 12.3. The smallest absolute Gasteiger partial charge is 0.349 e. The fourth-order valence-corrected chi connectivity index (χ4v) is 2.83. The Labute approximate surface area is 149 Å². The highest BCUT2D eigenvalue weighted by Crippen LogP contribution is 2.19. The fourth-order valence-electron chi connectivity index (χ4n) is 2.83. The molecule has 0 radical (unpaired) electrons. The normalized spacial score (nSPS) is 11.2. The van der Waals surface area contributed by atoms with E-state index in [0.717, 1.165) is 41.0 Å². The van der Waals surface area contributed by atoms with Gasteiger partial charge in [0.25, 0.3) is 0 Å². The van der Waals surface area contributed by atoms with Crippen LogP contribution >= 0.6 is 0 Å². The zero-order chi connectivity index (χ0) is 18.4. The van der Waals surface area contributed by atoms with Crippen LogP contribution in [0.15, 0.2) is 35.9 Å². The van der Waals surface area contributed by atoms with E-state index in [2.05, 4.69) is 11.5 Å². The number of aromatic nitrogens is 1. The first-order chi connectivity index (χ1) is 12.0. The van der Waals surface area contributed by atoms with Crippen LogP contribution in [0.2, 0.25) is 0 Å². The summed E-state index contributed by atoms with van der Waals surface area (Å²) in [6.07, 6.45) is 2.65. The van der Waals surface area contributed by atoms with Gasteiger partial charge in [-0.1, -0.05) is 31.2 Å². The minimum Gasteiger partial charge on any atom is -0.457 e. The van der Waals surface area contributed by atoms with Crippen LogP contribution in [0, 0.1) is 32.1 Å². The third-order valence-electron chi connectivity index (χ3n) is 4.32. The highest BCUT2D eigenvalue weighted by atomic mass is 16.5. The Morgan fingerprint density at radius 1 is 1.28 bits per heavy atom. The first kappa shape index (κ1) is 18.5. The molecule has 0 amide bonds. The van der Waals surface area contributed by atoms with E-state index in [1.807, 2.05) is 57.2 Å². The average molecular weight is 336 g/mol. The fraction of sp³-hybridized carbons (Fsp3) is 0.333. The number of benzene rings is 1. The number of rotatable bonds is 6. The molecular formula is C21H24N2O2. The number of hydrogen-bond acceptors (Lipinski definition) is 3. The monoisotopic (exact) mass is 336 g/mol. The van der Waals surface area contributed by atoms with E-state index in [4.69, 9.17) is 4.74 Å². The lowest BCUT2D eigenvalue weighted by Gasteiger charge is -2.08. The molecule has 130 valence electrons. The van der Waals surface area contributed by atoms with E-state index >= 15 is 0 Å². The van der Waals surface area contributed by atoms with E-state index in [1.54, 1.807) is 6.08 Å². The Balaban J connectivity index is 2.17. The van der Waals surface area contributed by atoms with Gasteiger partial charge in [0, 0.05) is 17.9 Å². The standard InChI is InChI=1S/C21H24N2O2/c1-5-10-23-16(3)11-19(17(23)4)12-20(13-22)21(24)25-14-18-9-7-6-8-15(18)2/h6-9,11-12H,5,10,14H2,1-4H3/b20-12+. The van der Waals surface area contributed by atoms with E-state index in [1.165, 1.54) is 0 Å². The quantitative estimate of drug-likeness (QED) is 0.444. The van der Waals surface area contributed by atoms with Gasteiger partial charge in [0.1, 0.15) is 18.2 Å². The van der Waals surface area contributed by atoms with Gasteiger partial charge in [-0.2, -0.15) is 5.26 Å². The first-order valence-electron chi connectivity index (χ1n) is 8.48. The number of carbonyl (C=O) groups excluding carboxylic acids is 1. The minimum atomic E-state index is -0.592. The molecule has 0 aliphatic rings. The van der Waals surface area contributed by atoms with Gasteiger partial charge in [-0.25, -0.2) is 4.79 Å². The van der Waals surface area contributed by atoms with Crippen LogP contribution in [-0.4, -0.2) is 10.5 Å². The molecule has 0 spiro atoms. The van der Waals surface area contributed by atoms with Crippen LogP contribution < -0.4 is 0 Å². The summed E-state index contributed by atoms with van der Waals surface area (Å²) in [4.78, 5) is 12.3. The van der Waals surface area contributed by atoms with Crippen molar-refractivity contribution < 1.29 is 9.53 Å². The molecule has 4 nitrogen and oxygen atoms in total. The van der Waals surface area contributed by atoms with Crippen LogP contribution in [0.1, 0.15) is 41.4 Å². The predicted molar refractivity (Wildman–Crippen MR) is 98.8 cm³/mol. The summed E-state index contributed by atoms with van der Waals surface area (Å²) in [5, 5.41) is 9.35. The van der Waals surface area contributed by atoms with Gasteiger partial charge >= 0.3 is 5.97 Å². The van der Waals surface area contributed by atoms with Crippen LogP contribution in [-0.2, 0) is 22.7 Å². The van der Waals surface area contributed by atoms with Crippen molar-refractivity contribution in [2.24, 2.45) is 0 Å². The van der Waals surface area contributed by atoms with Crippen molar-refractivity contribution in [1.29, 1.82) is 5.26 Å². The van der Waals surface area contributed by atoms with Crippen LogP contribution in [0.4, 0.5) is 0 Å². The van der Waals surface area contributed by atoms with Crippen LogP contribution in [0.25, 0.3) is 6.08 Å². The topological polar surface area (TPSA) is 55.0 Å². The first-order valence-corrected chi connectivity index (χ1v) is 8.48. The van der Waals surface area contributed by atoms with Crippen molar-refractivity contribution in [3.8, 4) is 6.07 Å². The second-order valence-electron chi connectivity index (χ2n) is 6.15. The molecule has 1 heterocycles. The molecule has 1 aromatic carbocycles. The summed E-state index contributed by atoms with van der Waals surface area (Å²) in [5.74, 6) is -0.592. The number of aryl methyl sites for hydroxylation is 2. The number of ether oxygens (including phenoxy) is 1. The Hall–Kier alpha value is -2.80. The van der Waals surface area contributed by atoms with Crippen LogP contribution in [0.3, 0.4) is 0 Å². The number of carbonyl (C=O) groups is 1. The largest absolute Gasteiger partial charge is 0.457 e. The summed E-state index contributed by atoms with van der Waals surface area (Å²) in [5.41, 5.74) is 5.07. The zero-order valence-electron chi connectivity index (χ0n) is 15.3. The van der Waals surface area contributed by atoms with Gasteiger partial charge < -0.3 is 9.30 Å². The molecule has 4 heteroatoms. The van der Waals surface area contributed by atoms with Crippen molar-refractivity contribution in [3.63, 3.8) is 0 Å². The molecule has 0 atom stereocenters. The molecule has 0 unspecified atom stereocenters. The van der Waals surface area contributed by atoms with Crippen molar-refractivity contribution in [1.82, 2.24) is 4.57 Å². The Morgan fingerprint density at radius 2 is 2.00 bits per heavy atom. The molecule has 0 aliphatic carbocycles. The lowest BCUT2D eigenvalue weighted by Crippen LogP contribution is -2.07. The molecular weight excluding hydrogens is 312 g/mol. The predicted octanol–water partition coefficient (Wildman–Crippen LogP) is 4.47. The van der Waals surface area contributed by atoms with E-state index < -0.39 is 5.97 Å².